The Hall–Kier alpha value is 0. The molecule has 0 fully saturated rings. The van der Waals surface area contributed by atoms with Gasteiger partial charge in [-0.25, -0.2) is 0 Å². The zero-order chi connectivity index (χ0) is 15.9. The molecule has 0 rings (SSSR count). The van der Waals surface area contributed by atoms with Crippen molar-refractivity contribution in [1.82, 2.24) is 0 Å². The standard InChI is InChI=1S/C21H44/c1-6-9-11-13-16-21(18-17-19(4)14-8-3)20(5)15-12-10-7-2/h19-21H,6-18H2,1-5H3. The Kier molecular flexibility index (Phi) is 14.9. The van der Waals surface area contributed by atoms with Crippen LogP contribution in [-0.4, -0.2) is 0 Å². The summed E-state index contributed by atoms with van der Waals surface area (Å²) in [4.78, 5) is 0. The van der Waals surface area contributed by atoms with E-state index in [2.05, 4.69) is 34.6 Å². The zero-order valence-electron chi connectivity index (χ0n) is 15.9. The quantitative estimate of drug-likeness (QED) is 0.268. The Morgan fingerprint density at radius 3 is 1.76 bits per heavy atom. The fraction of sp³-hybridized carbons (Fsp3) is 1.00. The van der Waals surface area contributed by atoms with Crippen LogP contribution in [0.15, 0.2) is 0 Å². The summed E-state index contributed by atoms with van der Waals surface area (Å²) >= 11 is 0. The molecule has 0 aliphatic heterocycles. The summed E-state index contributed by atoms with van der Waals surface area (Å²) in [7, 11) is 0. The molecule has 0 aromatic carbocycles. The Morgan fingerprint density at radius 1 is 0.524 bits per heavy atom. The monoisotopic (exact) mass is 296 g/mol. The number of rotatable bonds is 15. The first-order valence-electron chi connectivity index (χ1n) is 10.2. The van der Waals surface area contributed by atoms with Gasteiger partial charge in [0, 0.05) is 0 Å². The SMILES string of the molecule is CCCCCCC(CCC(C)CCC)C(C)CCCCC. The van der Waals surface area contributed by atoms with E-state index in [0.717, 1.165) is 17.8 Å². The van der Waals surface area contributed by atoms with Gasteiger partial charge in [-0.3, -0.25) is 0 Å². The summed E-state index contributed by atoms with van der Waals surface area (Å²) in [5, 5.41) is 0. The lowest BCUT2D eigenvalue weighted by atomic mass is 9.80. The van der Waals surface area contributed by atoms with E-state index < -0.39 is 0 Å². The molecule has 0 aromatic rings. The van der Waals surface area contributed by atoms with Crippen molar-refractivity contribution in [1.29, 1.82) is 0 Å². The largest absolute Gasteiger partial charge is 0.0654 e. The van der Waals surface area contributed by atoms with Gasteiger partial charge < -0.3 is 0 Å². The molecule has 0 heteroatoms. The van der Waals surface area contributed by atoms with Gasteiger partial charge in [-0.1, -0.05) is 112 Å². The van der Waals surface area contributed by atoms with Gasteiger partial charge >= 0.3 is 0 Å². The average Bonchev–Trinajstić information content (AvgIpc) is 2.47. The third-order valence-corrected chi connectivity index (χ3v) is 5.31. The van der Waals surface area contributed by atoms with Crippen LogP contribution in [0.4, 0.5) is 0 Å². The number of hydrogen-bond acceptors (Lipinski definition) is 0. The maximum Gasteiger partial charge on any atom is -0.0388 e. The molecular formula is C21H44. The van der Waals surface area contributed by atoms with Crippen molar-refractivity contribution in [3.05, 3.63) is 0 Å². The molecule has 0 spiro atoms. The highest BCUT2D eigenvalue weighted by Gasteiger charge is 2.17. The molecule has 0 aromatic heterocycles. The van der Waals surface area contributed by atoms with E-state index in [0.29, 0.717) is 0 Å². The van der Waals surface area contributed by atoms with Crippen molar-refractivity contribution in [2.75, 3.05) is 0 Å². The third kappa shape index (κ3) is 12.2. The molecule has 21 heavy (non-hydrogen) atoms. The summed E-state index contributed by atoms with van der Waals surface area (Å²) in [5.74, 6) is 2.89. The topological polar surface area (TPSA) is 0 Å². The minimum Gasteiger partial charge on any atom is -0.0654 e. The molecule has 0 bridgehead atoms. The van der Waals surface area contributed by atoms with Crippen molar-refractivity contribution in [3.8, 4) is 0 Å². The van der Waals surface area contributed by atoms with Gasteiger partial charge in [-0.05, 0) is 24.2 Å². The van der Waals surface area contributed by atoms with E-state index in [1.807, 2.05) is 0 Å². The van der Waals surface area contributed by atoms with Crippen LogP contribution in [0.2, 0.25) is 0 Å². The van der Waals surface area contributed by atoms with E-state index >= 15 is 0 Å². The predicted molar refractivity (Wildman–Crippen MR) is 98.9 cm³/mol. The maximum absolute atomic E-state index is 2.53. The lowest BCUT2D eigenvalue weighted by molar-refractivity contribution is 0.262. The fourth-order valence-corrected chi connectivity index (χ4v) is 3.63. The van der Waals surface area contributed by atoms with Crippen LogP contribution in [0, 0.1) is 17.8 Å². The molecule has 3 unspecified atom stereocenters. The summed E-state index contributed by atoms with van der Waals surface area (Å²) < 4.78 is 0. The summed E-state index contributed by atoms with van der Waals surface area (Å²) in [5.41, 5.74) is 0. The first kappa shape index (κ1) is 21.0. The van der Waals surface area contributed by atoms with Gasteiger partial charge in [0.15, 0.2) is 0 Å². The van der Waals surface area contributed by atoms with Crippen molar-refractivity contribution in [2.45, 2.75) is 118 Å². The predicted octanol–water partition coefficient (Wildman–Crippen LogP) is 8.01. The molecule has 0 heterocycles. The Labute approximate surface area is 136 Å². The summed E-state index contributed by atoms with van der Waals surface area (Å²) in [6, 6.07) is 0. The van der Waals surface area contributed by atoms with E-state index in [1.54, 1.807) is 0 Å². The van der Waals surface area contributed by atoms with Crippen molar-refractivity contribution >= 4 is 0 Å². The van der Waals surface area contributed by atoms with Crippen molar-refractivity contribution < 1.29 is 0 Å². The second kappa shape index (κ2) is 14.9. The Morgan fingerprint density at radius 2 is 1.14 bits per heavy atom. The molecule has 0 aliphatic rings. The fourth-order valence-electron chi connectivity index (χ4n) is 3.63. The second-order valence-electron chi connectivity index (χ2n) is 7.55. The highest BCUT2D eigenvalue weighted by atomic mass is 14.2. The van der Waals surface area contributed by atoms with Gasteiger partial charge in [0.2, 0.25) is 0 Å². The lowest BCUT2D eigenvalue weighted by Gasteiger charge is -2.25. The smallest absolute Gasteiger partial charge is 0.0388 e. The maximum atomic E-state index is 2.53. The van der Waals surface area contributed by atoms with Crippen LogP contribution in [0.25, 0.3) is 0 Å². The van der Waals surface area contributed by atoms with Gasteiger partial charge in [-0.15, -0.1) is 0 Å². The summed E-state index contributed by atoms with van der Waals surface area (Å²) in [6.45, 7) is 12.0. The lowest BCUT2D eigenvalue weighted by Crippen LogP contribution is -2.13. The molecule has 0 N–H and O–H groups in total. The van der Waals surface area contributed by atoms with Gasteiger partial charge in [-0.2, -0.15) is 0 Å². The van der Waals surface area contributed by atoms with Crippen LogP contribution < -0.4 is 0 Å². The molecule has 3 atom stereocenters. The normalized spacial score (nSPS) is 15.9. The Balaban J connectivity index is 4.11. The first-order valence-corrected chi connectivity index (χ1v) is 10.2. The molecule has 0 nitrogen and oxygen atoms in total. The molecular weight excluding hydrogens is 252 g/mol. The van der Waals surface area contributed by atoms with Gasteiger partial charge in [0.05, 0.1) is 0 Å². The van der Waals surface area contributed by atoms with Crippen LogP contribution in [0.5, 0.6) is 0 Å². The van der Waals surface area contributed by atoms with Gasteiger partial charge in [0.1, 0.15) is 0 Å². The molecule has 0 saturated heterocycles. The highest BCUT2D eigenvalue weighted by Crippen LogP contribution is 2.30. The zero-order valence-corrected chi connectivity index (χ0v) is 15.9. The van der Waals surface area contributed by atoms with Crippen LogP contribution in [0.1, 0.15) is 118 Å². The average molecular weight is 297 g/mol. The van der Waals surface area contributed by atoms with Crippen LogP contribution >= 0.6 is 0 Å². The van der Waals surface area contributed by atoms with Crippen LogP contribution in [-0.2, 0) is 0 Å². The van der Waals surface area contributed by atoms with Gasteiger partial charge in [0.25, 0.3) is 0 Å². The van der Waals surface area contributed by atoms with E-state index in [9.17, 15) is 0 Å². The van der Waals surface area contributed by atoms with Crippen molar-refractivity contribution in [2.24, 2.45) is 17.8 Å². The van der Waals surface area contributed by atoms with E-state index in [4.69, 9.17) is 0 Å². The summed E-state index contributed by atoms with van der Waals surface area (Å²) in [6.07, 6.45) is 18.7. The first-order chi connectivity index (χ1) is 10.2. The minimum atomic E-state index is 0.941. The number of hydrogen-bond donors (Lipinski definition) is 0. The van der Waals surface area contributed by atoms with E-state index in [-0.39, 0.29) is 0 Å². The Bertz CT molecular complexity index is 196. The highest BCUT2D eigenvalue weighted by molar-refractivity contribution is 4.69. The molecule has 0 aliphatic carbocycles. The molecule has 0 saturated carbocycles. The van der Waals surface area contributed by atoms with Crippen molar-refractivity contribution in [3.63, 3.8) is 0 Å². The molecule has 0 radical (unpaired) electrons. The molecule has 0 amide bonds. The minimum absolute atomic E-state index is 0.941. The second-order valence-corrected chi connectivity index (χ2v) is 7.55. The van der Waals surface area contributed by atoms with Crippen LogP contribution in [0.3, 0.4) is 0 Å². The molecule has 128 valence electrons. The van der Waals surface area contributed by atoms with E-state index in [1.165, 1.54) is 83.5 Å². The third-order valence-electron chi connectivity index (χ3n) is 5.31. The number of unbranched alkanes of at least 4 members (excludes halogenated alkanes) is 5.